The minimum absolute atomic E-state index is 0.0375. The fourth-order valence-electron chi connectivity index (χ4n) is 2.18. The molecule has 1 aromatic rings. The predicted octanol–water partition coefficient (Wildman–Crippen LogP) is 2.32. The lowest BCUT2D eigenvalue weighted by atomic mass is 10.0. The Bertz CT molecular complexity index is 410. The van der Waals surface area contributed by atoms with Gasteiger partial charge in [0, 0.05) is 13.2 Å². The van der Waals surface area contributed by atoms with E-state index < -0.39 is 0 Å². The summed E-state index contributed by atoms with van der Waals surface area (Å²) in [7, 11) is 1.56. The third kappa shape index (κ3) is 4.04. The smallest absolute Gasteiger partial charge is 0.192 e. The topological polar surface area (TPSA) is 44.8 Å². The molecule has 0 N–H and O–H groups in total. The lowest BCUT2D eigenvalue weighted by Gasteiger charge is -2.21. The summed E-state index contributed by atoms with van der Waals surface area (Å²) in [5.41, 5.74) is 0.581. The average molecular weight is 264 g/mol. The fraction of sp³-hybridized carbons (Fsp3) is 0.533. The molecule has 0 amide bonds. The first-order chi connectivity index (χ1) is 9.31. The van der Waals surface area contributed by atoms with Crippen LogP contribution in [-0.4, -0.2) is 39.3 Å². The van der Waals surface area contributed by atoms with Gasteiger partial charge in [0.05, 0.1) is 19.3 Å². The van der Waals surface area contributed by atoms with Crippen molar-refractivity contribution in [2.45, 2.75) is 12.8 Å². The minimum Gasteiger partial charge on any atom is -0.496 e. The van der Waals surface area contributed by atoms with Crippen LogP contribution < -0.4 is 4.74 Å². The van der Waals surface area contributed by atoms with Gasteiger partial charge in [-0.15, -0.1) is 0 Å². The van der Waals surface area contributed by atoms with E-state index in [-0.39, 0.29) is 12.4 Å². The highest BCUT2D eigenvalue weighted by molar-refractivity contribution is 5.99. The van der Waals surface area contributed by atoms with Crippen molar-refractivity contribution in [3.05, 3.63) is 29.8 Å². The number of Topliss-reactive ketones (excluding diaryl/α,β-unsaturated/α-hetero) is 1. The van der Waals surface area contributed by atoms with E-state index in [1.807, 2.05) is 12.1 Å². The molecule has 0 aromatic heterocycles. The minimum atomic E-state index is -0.0375. The predicted molar refractivity (Wildman–Crippen MR) is 71.7 cm³/mol. The number of para-hydroxylation sites is 1. The van der Waals surface area contributed by atoms with Crippen LogP contribution in [0.4, 0.5) is 0 Å². The summed E-state index contributed by atoms with van der Waals surface area (Å²) in [6, 6.07) is 7.22. The monoisotopic (exact) mass is 264 g/mol. The van der Waals surface area contributed by atoms with Crippen LogP contribution in [0.2, 0.25) is 0 Å². The first-order valence-electron chi connectivity index (χ1n) is 6.63. The van der Waals surface area contributed by atoms with Crippen molar-refractivity contribution in [3.63, 3.8) is 0 Å². The van der Waals surface area contributed by atoms with Crippen molar-refractivity contribution in [2.24, 2.45) is 5.92 Å². The van der Waals surface area contributed by atoms with E-state index in [2.05, 4.69) is 0 Å². The number of benzene rings is 1. The molecule has 0 saturated carbocycles. The second kappa shape index (κ2) is 7.26. The summed E-state index contributed by atoms with van der Waals surface area (Å²) >= 11 is 0. The molecule has 104 valence electrons. The quantitative estimate of drug-likeness (QED) is 0.740. The lowest BCUT2D eigenvalue weighted by Crippen LogP contribution is -2.22. The maximum absolute atomic E-state index is 12.0. The first-order valence-corrected chi connectivity index (χ1v) is 6.63. The van der Waals surface area contributed by atoms with Crippen LogP contribution in [0.5, 0.6) is 5.75 Å². The van der Waals surface area contributed by atoms with Crippen LogP contribution in [0.25, 0.3) is 0 Å². The Hall–Kier alpha value is -1.39. The number of methoxy groups -OCH3 is 1. The molecule has 0 aliphatic carbocycles. The van der Waals surface area contributed by atoms with Gasteiger partial charge >= 0.3 is 0 Å². The standard InChI is InChI=1S/C15H20O4/c1-17-15-5-3-2-4-13(15)14(16)11-19-10-12-6-8-18-9-7-12/h2-5,12H,6-11H2,1H3. The number of carbonyl (C=O) groups excluding carboxylic acids is 1. The second-order valence-electron chi connectivity index (χ2n) is 4.69. The molecule has 1 aliphatic heterocycles. The molecule has 1 fully saturated rings. The van der Waals surface area contributed by atoms with Crippen molar-refractivity contribution in [3.8, 4) is 5.75 Å². The van der Waals surface area contributed by atoms with Gasteiger partial charge in [-0.3, -0.25) is 4.79 Å². The van der Waals surface area contributed by atoms with Crippen LogP contribution in [0.1, 0.15) is 23.2 Å². The number of rotatable bonds is 6. The van der Waals surface area contributed by atoms with Crippen LogP contribution >= 0.6 is 0 Å². The Labute approximate surface area is 113 Å². The van der Waals surface area contributed by atoms with Gasteiger partial charge < -0.3 is 14.2 Å². The second-order valence-corrected chi connectivity index (χ2v) is 4.69. The summed E-state index contributed by atoms with van der Waals surface area (Å²) < 4.78 is 16.0. The van der Waals surface area contributed by atoms with Gasteiger partial charge in [-0.25, -0.2) is 0 Å². The number of hydrogen-bond acceptors (Lipinski definition) is 4. The Balaban J connectivity index is 1.80. The molecule has 0 atom stereocenters. The van der Waals surface area contributed by atoms with E-state index in [1.54, 1.807) is 19.2 Å². The highest BCUT2D eigenvalue weighted by atomic mass is 16.5. The van der Waals surface area contributed by atoms with E-state index in [9.17, 15) is 4.79 Å². The summed E-state index contributed by atoms with van der Waals surface area (Å²) in [5, 5.41) is 0. The van der Waals surface area contributed by atoms with Gasteiger partial charge in [-0.05, 0) is 30.9 Å². The van der Waals surface area contributed by atoms with Crippen molar-refractivity contribution < 1.29 is 19.0 Å². The third-order valence-corrected chi connectivity index (χ3v) is 3.33. The average Bonchev–Trinajstić information content (AvgIpc) is 2.48. The SMILES string of the molecule is COc1ccccc1C(=O)COCC1CCOCC1. The van der Waals surface area contributed by atoms with Gasteiger partial charge in [0.1, 0.15) is 12.4 Å². The summed E-state index contributed by atoms with van der Waals surface area (Å²) in [5.74, 6) is 1.07. The van der Waals surface area contributed by atoms with E-state index in [1.165, 1.54) is 0 Å². The number of hydrogen-bond donors (Lipinski definition) is 0. The maximum atomic E-state index is 12.0. The number of ketones is 1. The highest BCUT2D eigenvalue weighted by Gasteiger charge is 2.16. The highest BCUT2D eigenvalue weighted by Crippen LogP contribution is 2.19. The zero-order chi connectivity index (χ0) is 13.5. The van der Waals surface area contributed by atoms with E-state index in [0.717, 1.165) is 26.1 Å². The summed E-state index contributed by atoms with van der Waals surface area (Å²) in [6.07, 6.45) is 2.03. The van der Waals surface area contributed by atoms with Gasteiger partial charge in [0.2, 0.25) is 0 Å². The van der Waals surface area contributed by atoms with Gasteiger partial charge in [-0.2, -0.15) is 0 Å². The van der Waals surface area contributed by atoms with E-state index >= 15 is 0 Å². The Morgan fingerprint density at radius 1 is 1.32 bits per heavy atom. The molecule has 1 saturated heterocycles. The van der Waals surface area contributed by atoms with E-state index in [0.29, 0.717) is 23.8 Å². The molecule has 4 heteroatoms. The van der Waals surface area contributed by atoms with Gasteiger partial charge in [0.15, 0.2) is 5.78 Å². The first kappa shape index (κ1) is 14.0. The zero-order valence-corrected chi connectivity index (χ0v) is 11.3. The Morgan fingerprint density at radius 3 is 2.79 bits per heavy atom. The van der Waals surface area contributed by atoms with Crippen molar-refractivity contribution in [1.82, 2.24) is 0 Å². The van der Waals surface area contributed by atoms with Crippen molar-refractivity contribution >= 4 is 5.78 Å². The molecule has 2 rings (SSSR count). The van der Waals surface area contributed by atoms with Gasteiger partial charge in [0.25, 0.3) is 0 Å². The van der Waals surface area contributed by atoms with Crippen LogP contribution in [0.15, 0.2) is 24.3 Å². The van der Waals surface area contributed by atoms with Crippen LogP contribution in [-0.2, 0) is 9.47 Å². The lowest BCUT2D eigenvalue weighted by molar-refractivity contribution is 0.0216. The Morgan fingerprint density at radius 2 is 2.05 bits per heavy atom. The van der Waals surface area contributed by atoms with Crippen LogP contribution in [0.3, 0.4) is 0 Å². The molecule has 0 unspecified atom stereocenters. The third-order valence-electron chi connectivity index (χ3n) is 3.33. The largest absolute Gasteiger partial charge is 0.496 e. The van der Waals surface area contributed by atoms with E-state index in [4.69, 9.17) is 14.2 Å². The fourth-order valence-corrected chi connectivity index (χ4v) is 2.18. The maximum Gasteiger partial charge on any atom is 0.192 e. The summed E-state index contributed by atoms with van der Waals surface area (Å²) in [6.45, 7) is 2.34. The molecule has 0 radical (unpaired) electrons. The molecule has 19 heavy (non-hydrogen) atoms. The molecule has 1 aromatic carbocycles. The Kier molecular flexibility index (Phi) is 5.36. The molecule has 1 aliphatic rings. The van der Waals surface area contributed by atoms with Crippen LogP contribution in [0, 0.1) is 5.92 Å². The molecular formula is C15H20O4. The number of carbonyl (C=O) groups is 1. The van der Waals surface area contributed by atoms with Crippen molar-refractivity contribution in [2.75, 3.05) is 33.5 Å². The molecular weight excluding hydrogens is 244 g/mol. The normalized spacial score (nSPS) is 16.3. The zero-order valence-electron chi connectivity index (χ0n) is 11.3. The molecule has 1 heterocycles. The number of ether oxygens (including phenoxy) is 3. The molecule has 0 bridgehead atoms. The molecule has 0 spiro atoms. The van der Waals surface area contributed by atoms with Gasteiger partial charge in [-0.1, -0.05) is 12.1 Å². The summed E-state index contributed by atoms with van der Waals surface area (Å²) in [4.78, 5) is 12.0. The van der Waals surface area contributed by atoms with Crippen molar-refractivity contribution in [1.29, 1.82) is 0 Å². The molecule has 4 nitrogen and oxygen atoms in total.